The lowest BCUT2D eigenvalue weighted by atomic mass is 9.85. The van der Waals surface area contributed by atoms with Gasteiger partial charge in [-0.25, -0.2) is 9.18 Å². The molecule has 4 rings (SSSR count). The number of ketones is 1. The quantitative estimate of drug-likeness (QED) is 0.547. The molecule has 0 radical (unpaired) electrons. The Balaban J connectivity index is 0.000000302. The van der Waals surface area contributed by atoms with Gasteiger partial charge < -0.3 is 15.7 Å². The second kappa shape index (κ2) is 10.2. The number of primary amides is 1. The third-order valence-corrected chi connectivity index (χ3v) is 5.49. The highest BCUT2D eigenvalue weighted by Crippen LogP contribution is 2.32. The molecule has 2 heterocycles. The molecule has 0 spiro atoms. The van der Waals surface area contributed by atoms with Gasteiger partial charge in [0.2, 0.25) is 11.8 Å². The first-order valence-electron chi connectivity index (χ1n) is 9.93. The maximum absolute atomic E-state index is 13.3. The van der Waals surface area contributed by atoms with E-state index in [1.54, 1.807) is 12.1 Å². The van der Waals surface area contributed by atoms with E-state index in [2.05, 4.69) is 4.98 Å². The minimum Gasteiger partial charge on any atom is -0.478 e. The van der Waals surface area contributed by atoms with Crippen molar-refractivity contribution < 1.29 is 28.7 Å². The monoisotopic (exact) mass is 483 g/mol. The van der Waals surface area contributed by atoms with Crippen LogP contribution in [0, 0.1) is 11.7 Å². The zero-order valence-electron chi connectivity index (χ0n) is 17.9. The summed E-state index contributed by atoms with van der Waals surface area (Å²) in [4.78, 5) is 51.9. The molecule has 0 bridgehead atoms. The number of aromatic carboxylic acids is 1. The van der Waals surface area contributed by atoms with Crippen LogP contribution < -0.4 is 10.6 Å². The van der Waals surface area contributed by atoms with E-state index in [-0.39, 0.29) is 22.6 Å². The van der Waals surface area contributed by atoms with Crippen molar-refractivity contribution in [3.63, 3.8) is 0 Å². The number of carbonyl (C=O) groups excluding carboxylic acids is 3. The molecule has 3 N–H and O–H groups in total. The Kier molecular flexibility index (Phi) is 7.37. The summed E-state index contributed by atoms with van der Waals surface area (Å²) in [6.07, 6.45) is 3.11. The highest BCUT2D eigenvalue weighted by molar-refractivity contribution is 6.30. The number of amides is 2. The fourth-order valence-electron chi connectivity index (χ4n) is 3.41. The van der Waals surface area contributed by atoms with Crippen molar-refractivity contribution in [3.05, 3.63) is 94.0 Å². The molecule has 1 unspecified atom stereocenters. The van der Waals surface area contributed by atoms with E-state index >= 15 is 0 Å². The highest BCUT2D eigenvalue weighted by Gasteiger charge is 2.38. The number of carboxylic acids is 1. The maximum Gasteiger partial charge on any atom is 0.335 e. The molecular formula is C24H19ClFN3O5. The Bertz CT molecular complexity index is 1280. The van der Waals surface area contributed by atoms with E-state index in [9.17, 15) is 23.6 Å². The predicted octanol–water partition coefficient (Wildman–Crippen LogP) is 3.38. The van der Waals surface area contributed by atoms with Gasteiger partial charge in [-0.15, -0.1) is 0 Å². The lowest BCUT2D eigenvalue weighted by molar-refractivity contribution is -0.121. The molecule has 1 atom stereocenters. The van der Waals surface area contributed by atoms with Crippen molar-refractivity contribution in [1.29, 1.82) is 0 Å². The third kappa shape index (κ3) is 5.26. The fourth-order valence-corrected chi connectivity index (χ4v) is 3.61. The van der Waals surface area contributed by atoms with Crippen LogP contribution in [0.25, 0.3) is 0 Å². The number of carboxylic acid groups (broad SMARTS) is 1. The fraction of sp³-hybridized carbons (Fsp3) is 0.125. The molecule has 3 aromatic rings. The topological polar surface area (TPSA) is 131 Å². The molecule has 8 nitrogen and oxygen atoms in total. The van der Waals surface area contributed by atoms with Crippen molar-refractivity contribution in [2.45, 2.75) is 6.42 Å². The van der Waals surface area contributed by atoms with Gasteiger partial charge in [0.15, 0.2) is 5.78 Å². The molecule has 0 fully saturated rings. The number of nitrogens with two attached hydrogens (primary N) is 1. The number of hydrogen-bond acceptors (Lipinski definition) is 5. The number of hydrogen-bond donors (Lipinski definition) is 2. The van der Waals surface area contributed by atoms with Crippen LogP contribution >= 0.6 is 11.6 Å². The second-order valence-electron chi connectivity index (χ2n) is 7.40. The molecule has 1 aliphatic rings. The lowest BCUT2D eigenvalue weighted by Crippen LogP contribution is -2.43. The molecule has 1 aliphatic heterocycles. The van der Waals surface area contributed by atoms with Crippen LogP contribution in [-0.4, -0.2) is 40.7 Å². The van der Waals surface area contributed by atoms with Gasteiger partial charge in [0.1, 0.15) is 11.7 Å². The Morgan fingerprint density at radius 2 is 1.76 bits per heavy atom. The normalized spacial score (nSPS) is 14.7. The van der Waals surface area contributed by atoms with Crippen LogP contribution in [0.15, 0.2) is 60.9 Å². The number of fused-ring (bicyclic) bond motifs is 1. The van der Waals surface area contributed by atoms with Crippen LogP contribution in [-0.2, 0) is 11.2 Å². The number of pyridine rings is 1. The van der Waals surface area contributed by atoms with Crippen molar-refractivity contribution in [3.8, 4) is 0 Å². The summed E-state index contributed by atoms with van der Waals surface area (Å²) in [7, 11) is 1.53. The van der Waals surface area contributed by atoms with Gasteiger partial charge in [-0.2, -0.15) is 0 Å². The van der Waals surface area contributed by atoms with Gasteiger partial charge in [0.25, 0.3) is 0 Å². The summed E-state index contributed by atoms with van der Waals surface area (Å²) in [6.45, 7) is 0. The average Bonchev–Trinajstić information content (AvgIpc) is 2.83. The number of anilines is 1. The molecule has 34 heavy (non-hydrogen) atoms. The largest absolute Gasteiger partial charge is 0.478 e. The number of halogens is 2. The summed E-state index contributed by atoms with van der Waals surface area (Å²) in [5.74, 6) is -4.03. The smallest absolute Gasteiger partial charge is 0.335 e. The van der Waals surface area contributed by atoms with Crippen LogP contribution in [0.3, 0.4) is 0 Å². The van der Waals surface area contributed by atoms with Gasteiger partial charge in [-0.3, -0.25) is 19.4 Å². The van der Waals surface area contributed by atoms with Gasteiger partial charge in [0.05, 0.1) is 16.3 Å². The lowest BCUT2D eigenvalue weighted by Gasteiger charge is -2.30. The van der Waals surface area contributed by atoms with Crippen molar-refractivity contribution in [2.75, 3.05) is 11.9 Å². The van der Waals surface area contributed by atoms with E-state index in [0.29, 0.717) is 16.8 Å². The summed E-state index contributed by atoms with van der Waals surface area (Å²) >= 11 is 5.75. The summed E-state index contributed by atoms with van der Waals surface area (Å²) in [5, 5.41) is 9.02. The van der Waals surface area contributed by atoms with Crippen LogP contribution in [0.1, 0.15) is 36.6 Å². The summed E-state index contributed by atoms with van der Waals surface area (Å²) < 4.78 is 13.3. The van der Waals surface area contributed by atoms with Gasteiger partial charge in [0, 0.05) is 30.6 Å². The first-order chi connectivity index (χ1) is 16.1. The van der Waals surface area contributed by atoms with E-state index in [1.165, 1.54) is 60.7 Å². The minimum absolute atomic E-state index is 0.0292. The molecule has 1 aromatic heterocycles. The molecule has 0 aliphatic carbocycles. The van der Waals surface area contributed by atoms with Crippen molar-refractivity contribution >= 4 is 40.9 Å². The van der Waals surface area contributed by atoms with Gasteiger partial charge >= 0.3 is 5.97 Å². The van der Waals surface area contributed by atoms with Crippen molar-refractivity contribution in [2.24, 2.45) is 11.7 Å². The zero-order valence-corrected chi connectivity index (χ0v) is 18.6. The van der Waals surface area contributed by atoms with E-state index in [1.807, 2.05) is 0 Å². The molecule has 2 aromatic carbocycles. The average molecular weight is 484 g/mol. The molecule has 0 saturated heterocycles. The van der Waals surface area contributed by atoms with E-state index < -0.39 is 35.3 Å². The molecule has 174 valence electrons. The second-order valence-corrected chi connectivity index (χ2v) is 7.81. The van der Waals surface area contributed by atoms with Crippen LogP contribution in [0.5, 0.6) is 0 Å². The summed E-state index contributed by atoms with van der Waals surface area (Å²) in [5.41, 5.74) is 6.50. The number of rotatable bonds is 4. The first-order valence-corrected chi connectivity index (χ1v) is 10.3. The van der Waals surface area contributed by atoms with E-state index in [4.69, 9.17) is 22.4 Å². The predicted molar refractivity (Wildman–Crippen MR) is 123 cm³/mol. The summed E-state index contributed by atoms with van der Waals surface area (Å²) in [6, 6.07) is 11.2. The number of nitrogens with zero attached hydrogens (tertiary/aromatic N) is 2. The zero-order chi connectivity index (χ0) is 25.0. The van der Waals surface area contributed by atoms with Gasteiger partial charge in [-0.1, -0.05) is 17.7 Å². The third-order valence-electron chi connectivity index (χ3n) is 5.20. The Labute approximate surface area is 198 Å². The van der Waals surface area contributed by atoms with Crippen LogP contribution in [0.2, 0.25) is 5.02 Å². The van der Waals surface area contributed by atoms with Crippen molar-refractivity contribution in [1.82, 2.24) is 4.98 Å². The number of benzene rings is 2. The van der Waals surface area contributed by atoms with Crippen LogP contribution in [0.4, 0.5) is 10.1 Å². The molecule has 10 heteroatoms. The SMILES string of the molecule is CN1C(=O)C(Cc2ccc(F)c(Cl)c2)C(=O)c2cc(C(=O)O)ccc21.NC(=O)c1ccncc1. The molecule has 0 saturated carbocycles. The maximum atomic E-state index is 13.3. The minimum atomic E-state index is -1.16. The molecule has 2 amide bonds. The standard InChI is InChI=1S/C18H13ClFNO4.C6H6N2O/c1-21-15-5-3-10(18(24)25)8-11(15)16(22)12(17(21)23)6-9-2-4-14(20)13(19)7-9;7-6(9)5-1-3-8-4-2-5/h2-5,7-8,12H,6H2,1H3,(H,24,25);1-4H,(H2,7,9). The van der Waals surface area contributed by atoms with Gasteiger partial charge in [-0.05, 0) is 54.4 Å². The number of Topliss-reactive ketones (excluding diaryl/α,β-unsaturated/α-hetero) is 1. The molecular weight excluding hydrogens is 465 g/mol. The highest BCUT2D eigenvalue weighted by atomic mass is 35.5. The Morgan fingerprint density at radius 3 is 2.32 bits per heavy atom. The Morgan fingerprint density at radius 1 is 1.09 bits per heavy atom. The first kappa shape index (κ1) is 24.5. The van der Waals surface area contributed by atoms with E-state index in [0.717, 1.165) is 0 Å². The number of carbonyl (C=O) groups is 4. The Hall–Kier alpha value is -4.11. The number of aromatic nitrogens is 1.